The van der Waals surface area contributed by atoms with E-state index in [0.29, 0.717) is 13.2 Å². The van der Waals surface area contributed by atoms with Crippen LogP contribution in [0.5, 0.6) is 0 Å². The summed E-state index contributed by atoms with van der Waals surface area (Å²) >= 11 is 0. The molecule has 1 fully saturated rings. The number of ether oxygens (including phenoxy) is 1. The average molecular weight is 322 g/mol. The molecule has 1 aliphatic heterocycles. The maximum Gasteiger partial charge on any atom is 0.191 e. The third-order valence-corrected chi connectivity index (χ3v) is 3.96. The second-order valence-electron chi connectivity index (χ2n) is 5.62. The van der Waals surface area contributed by atoms with Crippen LogP contribution >= 0.6 is 0 Å². The Morgan fingerprint density at radius 2 is 2.17 bits per heavy atom. The van der Waals surface area contributed by atoms with Gasteiger partial charge in [0.25, 0.3) is 0 Å². The summed E-state index contributed by atoms with van der Waals surface area (Å²) in [4.78, 5) is 7.21. The summed E-state index contributed by atoms with van der Waals surface area (Å²) in [5.74, 6) is 1.84. The van der Waals surface area contributed by atoms with Gasteiger partial charge in [0.1, 0.15) is 5.76 Å². The maximum absolute atomic E-state index is 5.64. The van der Waals surface area contributed by atoms with Crippen LogP contribution < -0.4 is 10.6 Å². The molecule has 130 valence electrons. The first-order valence-corrected chi connectivity index (χ1v) is 8.72. The Hall–Kier alpha value is -1.53. The molecule has 1 saturated heterocycles. The number of likely N-dealkylation sites (tertiary alicyclic amines) is 1. The van der Waals surface area contributed by atoms with E-state index in [9.17, 15) is 0 Å². The van der Waals surface area contributed by atoms with Gasteiger partial charge in [-0.05, 0) is 51.9 Å². The van der Waals surface area contributed by atoms with Crippen LogP contribution in [0.2, 0.25) is 0 Å². The molecule has 0 spiro atoms. The van der Waals surface area contributed by atoms with E-state index in [2.05, 4.69) is 22.5 Å². The zero-order chi connectivity index (χ0) is 16.3. The Kier molecular flexibility index (Phi) is 7.97. The Morgan fingerprint density at radius 1 is 1.35 bits per heavy atom. The van der Waals surface area contributed by atoms with E-state index in [1.807, 2.05) is 19.1 Å². The summed E-state index contributed by atoms with van der Waals surface area (Å²) in [6.07, 6.45) is 4.26. The second-order valence-corrected chi connectivity index (χ2v) is 5.62. The van der Waals surface area contributed by atoms with Crippen molar-refractivity contribution in [1.29, 1.82) is 0 Å². The van der Waals surface area contributed by atoms with Crippen molar-refractivity contribution in [3.63, 3.8) is 0 Å². The molecule has 0 bridgehead atoms. The van der Waals surface area contributed by atoms with Gasteiger partial charge in [0.2, 0.25) is 0 Å². The first kappa shape index (κ1) is 17.8. The van der Waals surface area contributed by atoms with Crippen molar-refractivity contribution >= 4 is 5.96 Å². The molecule has 0 aromatic carbocycles. The highest BCUT2D eigenvalue weighted by Gasteiger charge is 2.25. The Labute approximate surface area is 139 Å². The predicted molar refractivity (Wildman–Crippen MR) is 92.7 cm³/mol. The fraction of sp³-hybridized carbons (Fsp3) is 0.706. The van der Waals surface area contributed by atoms with Gasteiger partial charge in [-0.15, -0.1) is 0 Å². The van der Waals surface area contributed by atoms with Crippen molar-refractivity contribution in [3.8, 4) is 0 Å². The molecule has 6 heteroatoms. The molecule has 1 aromatic rings. The van der Waals surface area contributed by atoms with Crippen LogP contribution in [0.4, 0.5) is 0 Å². The molecule has 0 aliphatic carbocycles. The van der Waals surface area contributed by atoms with Gasteiger partial charge in [0.15, 0.2) is 5.96 Å². The standard InChI is InChI=1S/C17H30N4O2/c1-3-18-17(19-9-13-22-4-2)20-14-15(16-8-7-12-23-16)21-10-5-6-11-21/h7-8,12,15H,3-6,9-11,13-14H2,1-2H3,(H2,18,19,20). The van der Waals surface area contributed by atoms with Gasteiger partial charge in [-0.1, -0.05) is 0 Å². The molecule has 2 rings (SSSR count). The summed E-state index contributed by atoms with van der Waals surface area (Å²) in [6.45, 7) is 10.0. The number of hydrogen-bond donors (Lipinski definition) is 2. The lowest BCUT2D eigenvalue weighted by Gasteiger charge is -2.24. The molecular formula is C17H30N4O2. The first-order valence-electron chi connectivity index (χ1n) is 8.72. The minimum Gasteiger partial charge on any atom is -0.468 e. The molecule has 1 aromatic heterocycles. The first-order chi connectivity index (χ1) is 11.3. The molecule has 2 heterocycles. The molecule has 0 amide bonds. The number of aliphatic imine (C=N–C) groups is 1. The zero-order valence-electron chi connectivity index (χ0n) is 14.4. The van der Waals surface area contributed by atoms with Crippen LogP contribution in [0, 0.1) is 0 Å². The Bertz CT molecular complexity index is 441. The third kappa shape index (κ3) is 5.88. The summed E-state index contributed by atoms with van der Waals surface area (Å²) in [7, 11) is 0. The number of nitrogens with zero attached hydrogens (tertiary/aromatic N) is 2. The van der Waals surface area contributed by atoms with Crippen molar-refractivity contribution in [3.05, 3.63) is 24.2 Å². The lowest BCUT2D eigenvalue weighted by molar-refractivity contribution is 0.152. The monoisotopic (exact) mass is 322 g/mol. The van der Waals surface area contributed by atoms with Crippen LogP contribution in [0.1, 0.15) is 38.5 Å². The molecule has 6 nitrogen and oxygen atoms in total. The van der Waals surface area contributed by atoms with Gasteiger partial charge in [-0.2, -0.15) is 0 Å². The van der Waals surface area contributed by atoms with Crippen molar-refractivity contribution in [1.82, 2.24) is 15.5 Å². The van der Waals surface area contributed by atoms with Gasteiger partial charge in [0, 0.05) is 19.7 Å². The fourth-order valence-corrected chi connectivity index (χ4v) is 2.82. The van der Waals surface area contributed by atoms with E-state index in [1.165, 1.54) is 12.8 Å². The molecule has 1 aliphatic rings. The van der Waals surface area contributed by atoms with Gasteiger partial charge in [-0.3, -0.25) is 9.89 Å². The molecule has 1 unspecified atom stereocenters. The number of nitrogens with one attached hydrogen (secondary N) is 2. The number of guanidine groups is 1. The van der Waals surface area contributed by atoms with Crippen molar-refractivity contribution < 1.29 is 9.15 Å². The van der Waals surface area contributed by atoms with Crippen molar-refractivity contribution in [2.75, 3.05) is 45.9 Å². The van der Waals surface area contributed by atoms with Crippen molar-refractivity contribution in [2.24, 2.45) is 4.99 Å². The van der Waals surface area contributed by atoms with E-state index in [0.717, 1.165) is 44.5 Å². The molecular weight excluding hydrogens is 292 g/mol. The largest absolute Gasteiger partial charge is 0.468 e. The zero-order valence-corrected chi connectivity index (χ0v) is 14.4. The van der Waals surface area contributed by atoms with Gasteiger partial charge < -0.3 is 19.8 Å². The molecule has 0 saturated carbocycles. The number of furan rings is 1. The van der Waals surface area contributed by atoms with Crippen LogP contribution in [0.15, 0.2) is 27.8 Å². The highest BCUT2D eigenvalue weighted by Crippen LogP contribution is 2.25. The molecule has 2 N–H and O–H groups in total. The highest BCUT2D eigenvalue weighted by atomic mass is 16.5. The van der Waals surface area contributed by atoms with Gasteiger partial charge >= 0.3 is 0 Å². The predicted octanol–water partition coefficient (Wildman–Crippen LogP) is 2.01. The SMILES string of the molecule is CCNC(=NCC(c1ccco1)N1CCCC1)NCCOCC. The smallest absolute Gasteiger partial charge is 0.191 e. The van der Waals surface area contributed by atoms with Crippen LogP contribution in [0.25, 0.3) is 0 Å². The van der Waals surface area contributed by atoms with Gasteiger partial charge in [-0.25, -0.2) is 0 Å². The maximum atomic E-state index is 5.64. The number of rotatable bonds is 9. The Balaban J connectivity index is 1.95. The highest BCUT2D eigenvalue weighted by molar-refractivity contribution is 5.79. The topological polar surface area (TPSA) is 62.0 Å². The van der Waals surface area contributed by atoms with Crippen LogP contribution in [0.3, 0.4) is 0 Å². The summed E-state index contributed by atoms with van der Waals surface area (Å²) < 4.78 is 11.0. The van der Waals surface area contributed by atoms with E-state index in [1.54, 1.807) is 6.26 Å². The normalized spacial score (nSPS) is 17.4. The third-order valence-electron chi connectivity index (χ3n) is 3.96. The molecule has 1 atom stereocenters. The summed E-state index contributed by atoms with van der Waals surface area (Å²) in [5.41, 5.74) is 0. The summed E-state index contributed by atoms with van der Waals surface area (Å²) in [6, 6.07) is 4.22. The number of hydrogen-bond acceptors (Lipinski definition) is 4. The van der Waals surface area contributed by atoms with E-state index in [-0.39, 0.29) is 6.04 Å². The molecule has 0 radical (unpaired) electrons. The fourth-order valence-electron chi connectivity index (χ4n) is 2.82. The van der Waals surface area contributed by atoms with Crippen molar-refractivity contribution in [2.45, 2.75) is 32.7 Å². The van der Waals surface area contributed by atoms with Gasteiger partial charge in [0.05, 0.1) is 25.5 Å². The lowest BCUT2D eigenvalue weighted by atomic mass is 10.2. The second kappa shape index (κ2) is 10.3. The van der Waals surface area contributed by atoms with E-state index >= 15 is 0 Å². The van der Waals surface area contributed by atoms with Crippen LogP contribution in [-0.2, 0) is 4.74 Å². The lowest BCUT2D eigenvalue weighted by Crippen LogP contribution is -2.39. The minimum absolute atomic E-state index is 0.217. The molecule has 23 heavy (non-hydrogen) atoms. The summed E-state index contributed by atoms with van der Waals surface area (Å²) in [5, 5.41) is 6.60. The van der Waals surface area contributed by atoms with E-state index in [4.69, 9.17) is 14.1 Å². The minimum atomic E-state index is 0.217. The van der Waals surface area contributed by atoms with Crippen LogP contribution in [-0.4, -0.2) is 56.8 Å². The average Bonchev–Trinajstić information content (AvgIpc) is 3.25. The van der Waals surface area contributed by atoms with E-state index < -0.39 is 0 Å². The Morgan fingerprint density at radius 3 is 2.83 bits per heavy atom. The quantitative estimate of drug-likeness (QED) is 0.414.